The van der Waals surface area contributed by atoms with E-state index in [4.69, 9.17) is 6.57 Å². The van der Waals surface area contributed by atoms with E-state index in [2.05, 4.69) is 23.7 Å². The van der Waals surface area contributed by atoms with Gasteiger partial charge >= 0.3 is 0 Å². The molecule has 0 saturated heterocycles. The van der Waals surface area contributed by atoms with E-state index < -0.39 is 15.4 Å². The van der Waals surface area contributed by atoms with Gasteiger partial charge in [0.25, 0.3) is 11.2 Å². The second kappa shape index (κ2) is 8.46. The molecule has 0 radical (unpaired) electrons. The molecule has 3 rings (SSSR count). The van der Waals surface area contributed by atoms with Gasteiger partial charge in [-0.15, -0.1) is 11.8 Å². The molecule has 0 saturated carbocycles. The van der Waals surface area contributed by atoms with Crippen molar-refractivity contribution in [3.8, 4) is 17.1 Å². The Morgan fingerprint density at radius 3 is 2.13 bits per heavy atom. The predicted octanol–water partition coefficient (Wildman–Crippen LogP) is 4.70. The van der Waals surface area contributed by atoms with Crippen molar-refractivity contribution >= 4 is 27.3 Å². The first-order valence-electron chi connectivity index (χ1n) is 9.16. The van der Waals surface area contributed by atoms with Crippen molar-refractivity contribution < 1.29 is 8.42 Å². The summed E-state index contributed by atoms with van der Waals surface area (Å²) in [5.74, 6) is 0.698. The van der Waals surface area contributed by atoms with Crippen LogP contribution in [0.2, 0.25) is 0 Å². The molecule has 0 unspecified atom stereocenters. The highest BCUT2D eigenvalue weighted by atomic mass is 32.2. The average molecular weight is 440 g/mol. The molecule has 0 bridgehead atoms. The first-order chi connectivity index (χ1) is 14.2. The minimum Gasteiger partial charge on any atom is -0.282 e. The van der Waals surface area contributed by atoms with Crippen LogP contribution in [-0.4, -0.2) is 30.5 Å². The third-order valence-electron chi connectivity index (χ3n) is 4.69. The maximum atomic E-state index is 13.2. The minimum absolute atomic E-state index is 0.0352. The number of nitrogens with zero attached hydrogens (tertiary/aromatic N) is 3. The summed E-state index contributed by atoms with van der Waals surface area (Å²) in [7, 11) is -3.34. The van der Waals surface area contributed by atoms with Crippen molar-refractivity contribution in [1.29, 1.82) is 0 Å². The number of hydrogen-bond donors (Lipinski definition) is 0. The fraction of sp³-hybridized carbons (Fsp3) is 0.227. The molecule has 6 nitrogen and oxygen atoms in total. The lowest BCUT2D eigenvalue weighted by Gasteiger charge is -2.16. The van der Waals surface area contributed by atoms with Crippen molar-refractivity contribution in [3.63, 3.8) is 0 Å². The van der Waals surface area contributed by atoms with E-state index in [1.807, 2.05) is 24.3 Å². The first kappa shape index (κ1) is 21.8. The molecule has 30 heavy (non-hydrogen) atoms. The number of aromatic nitrogens is 2. The third-order valence-corrected chi connectivity index (χ3v) is 6.49. The number of benzene rings is 2. The Morgan fingerprint density at radius 2 is 1.67 bits per heavy atom. The second-order valence-corrected chi connectivity index (χ2v) is 9.90. The van der Waals surface area contributed by atoms with Crippen LogP contribution in [0, 0.1) is 6.57 Å². The van der Waals surface area contributed by atoms with E-state index in [0.717, 1.165) is 11.8 Å². The van der Waals surface area contributed by atoms with Crippen LogP contribution in [0.15, 0.2) is 63.2 Å². The third kappa shape index (κ3) is 4.18. The SMILES string of the molecule is [C-]#[N+]c1c(SC)nc(-c2ccc(S(C)(=O)=O)cc2)n(-c2ccc(C(C)C)cc2)c1=O. The summed E-state index contributed by atoms with van der Waals surface area (Å²) in [4.78, 5) is 21.4. The zero-order valence-corrected chi connectivity index (χ0v) is 18.7. The maximum absolute atomic E-state index is 13.2. The zero-order chi connectivity index (χ0) is 22.1. The summed E-state index contributed by atoms with van der Waals surface area (Å²) < 4.78 is 25.0. The molecule has 1 heterocycles. The topological polar surface area (TPSA) is 73.4 Å². The summed E-state index contributed by atoms with van der Waals surface area (Å²) in [5, 5.41) is 0.340. The molecule has 0 N–H and O–H groups in total. The van der Waals surface area contributed by atoms with Crippen molar-refractivity contribution in [2.45, 2.75) is 29.7 Å². The van der Waals surface area contributed by atoms with Crippen LogP contribution in [0.4, 0.5) is 5.69 Å². The zero-order valence-electron chi connectivity index (χ0n) is 17.1. The highest BCUT2D eigenvalue weighted by Crippen LogP contribution is 2.29. The summed E-state index contributed by atoms with van der Waals surface area (Å²) in [6, 6.07) is 13.8. The van der Waals surface area contributed by atoms with E-state index >= 15 is 0 Å². The lowest BCUT2D eigenvalue weighted by atomic mass is 10.0. The van der Waals surface area contributed by atoms with Gasteiger partial charge in [-0.1, -0.05) is 26.0 Å². The largest absolute Gasteiger partial charge is 0.282 e. The van der Waals surface area contributed by atoms with E-state index in [-0.39, 0.29) is 10.6 Å². The quantitative estimate of drug-likeness (QED) is 0.327. The van der Waals surface area contributed by atoms with Crippen LogP contribution in [0.5, 0.6) is 0 Å². The molecule has 0 aliphatic rings. The normalized spacial score (nSPS) is 11.5. The highest BCUT2D eigenvalue weighted by Gasteiger charge is 2.19. The summed E-state index contributed by atoms with van der Waals surface area (Å²) in [5.41, 5.74) is 1.82. The van der Waals surface area contributed by atoms with Gasteiger partial charge in [0.05, 0.1) is 11.5 Å². The monoisotopic (exact) mass is 439 g/mol. The Kier molecular flexibility index (Phi) is 6.15. The number of hydrogen-bond acceptors (Lipinski definition) is 5. The molecule has 1 aromatic heterocycles. The second-order valence-electron chi connectivity index (χ2n) is 7.09. The van der Waals surface area contributed by atoms with Crippen LogP contribution in [0.1, 0.15) is 25.3 Å². The van der Waals surface area contributed by atoms with Crippen molar-refractivity contribution in [2.75, 3.05) is 12.5 Å². The van der Waals surface area contributed by atoms with E-state index in [1.54, 1.807) is 18.4 Å². The fourth-order valence-corrected chi connectivity index (χ4v) is 4.16. The highest BCUT2D eigenvalue weighted by molar-refractivity contribution is 7.98. The van der Waals surface area contributed by atoms with Gasteiger partial charge in [-0.2, -0.15) is 0 Å². The maximum Gasteiger partial charge on any atom is 0.282 e. The molecule has 0 fully saturated rings. The molecular formula is C22H21N3O3S2. The van der Waals surface area contributed by atoms with Crippen molar-refractivity contribution in [2.24, 2.45) is 0 Å². The molecule has 154 valence electrons. The molecule has 2 aromatic carbocycles. The Morgan fingerprint density at radius 1 is 1.07 bits per heavy atom. The number of rotatable bonds is 5. The minimum atomic E-state index is -3.34. The van der Waals surface area contributed by atoms with Crippen molar-refractivity contribution in [3.05, 3.63) is 75.9 Å². The molecular weight excluding hydrogens is 418 g/mol. The average Bonchev–Trinajstić information content (AvgIpc) is 2.72. The standard InChI is InChI=1S/C22H21N3O3S2/c1-14(2)15-6-10-17(11-7-15)25-20(24-21(29-4)19(23-3)22(25)26)16-8-12-18(13-9-16)30(5,27)28/h6-14H,1-2,4-5H3. The van der Waals surface area contributed by atoms with E-state index in [1.165, 1.54) is 28.5 Å². The molecule has 3 aromatic rings. The Hall–Kier alpha value is -2.89. The van der Waals surface area contributed by atoms with Gasteiger partial charge in [-0.05, 0) is 54.1 Å². The Balaban J connectivity index is 2.30. The molecule has 0 amide bonds. The molecule has 8 heteroatoms. The number of sulfone groups is 1. The smallest absolute Gasteiger partial charge is 0.282 e. The van der Waals surface area contributed by atoms with Gasteiger partial charge in [0, 0.05) is 17.5 Å². The summed E-state index contributed by atoms with van der Waals surface area (Å²) >= 11 is 1.23. The summed E-state index contributed by atoms with van der Waals surface area (Å²) in [6.45, 7) is 11.6. The van der Waals surface area contributed by atoms with Gasteiger partial charge in [0.1, 0.15) is 10.9 Å². The predicted molar refractivity (Wildman–Crippen MR) is 121 cm³/mol. The molecule has 0 aliphatic heterocycles. The van der Waals surface area contributed by atoms with Crippen LogP contribution in [0.25, 0.3) is 21.9 Å². The van der Waals surface area contributed by atoms with E-state index in [0.29, 0.717) is 28.0 Å². The van der Waals surface area contributed by atoms with Crippen LogP contribution >= 0.6 is 11.8 Å². The number of thioether (sulfide) groups is 1. The lowest BCUT2D eigenvalue weighted by molar-refractivity contribution is 0.602. The van der Waals surface area contributed by atoms with Crippen LogP contribution in [-0.2, 0) is 9.84 Å². The van der Waals surface area contributed by atoms with Gasteiger partial charge in [0.15, 0.2) is 9.84 Å². The fourth-order valence-electron chi connectivity index (χ4n) is 3.02. The van der Waals surface area contributed by atoms with Crippen molar-refractivity contribution in [1.82, 2.24) is 9.55 Å². The van der Waals surface area contributed by atoms with Gasteiger partial charge in [-0.3, -0.25) is 9.36 Å². The van der Waals surface area contributed by atoms with Crippen LogP contribution in [0.3, 0.4) is 0 Å². The van der Waals surface area contributed by atoms with E-state index in [9.17, 15) is 13.2 Å². The Bertz CT molecular complexity index is 1290. The lowest BCUT2D eigenvalue weighted by Crippen LogP contribution is -2.22. The van der Waals surface area contributed by atoms with Crippen LogP contribution < -0.4 is 5.56 Å². The van der Waals surface area contributed by atoms with Gasteiger partial charge < -0.3 is 0 Å². The summed E-state index contributed by atoms with van der Waals surface area (Å²) in [6.07, 6.45) is 2.90. The first-order valence-corrected chi connectivity index (χ1v) is 12.3. The Labute approximate surface area is 180 Å². The van der Waals surface area contributed by atoms with Gasteiger partial charge in [0.2, 0.25) is 0 Å². The van der Waals surface area contributed by atoms with Gasteiger partial charge in [-0.25, -0.2) is 18.2 Å². The molecule has 0 atom stereocenters. The molecule has 0 spiro atoms. The molecule has 0 aliphatic carbocycles.